The van der Waals surface area contributed by atoms with Gasteiger partial charge in [0.05, 0.1) is 31.2 Å². The van der Waals surface area contributed by atoms with E-state index in [-0.39, 0.29) is 17.2 Å². The molecule has 3 rings (SSSR count). The number of hydrogen-bond donors (Lipinski definition) is 2. The number of nitrogens with one attached hydrogen (secondary N) is 2. The van der Waals surface area contributed by atoms with Crippen molar-refractivity contribution < 1.29 is 22.7 Å². The molecule has 0 spiro atoms. The Hall–Kier alpha value is -3.52. The maximum atomic E-state index is 12.8. The third-order valence-corrected chi connectivity index (χ3v) is 5.67. The van der Waals surface area contributed by atoms with Crippen LogP contribution in [0.25, 0.3) is 0 Å². The van der Waals surface area contributed by atoms with Gasteiger partial charge in [0.2, 0.25) is 5.91 Å². The summed E-state index contributed by atoms with van der Waals surface area (Å²) in [7, 11) is -0.827. The largest absolute Gasteiger partial charge is 0.497 e. The molecule has 156 valence electrons. The fourth-order valence-electron chi connectivity index (χ4n) is 2.81. The monoisotopic (exact) mass is 426 g/mol. The Morgan fingerprint density at radius 3 is 2.33 bits per heavy atom. The fourth-order valence-corrected chi connectivity index (χ4v) is 3.92. The Labute approximate surface area is 175 Å². The van der Waals surface area contributed by atoms with Crippen molar-refractivity contribution in [1.29, 1.82) is 0 Å². The Morgan fingerprint density at radius 1 is 0.900 bits per heavy atom. The molecular formula is C22H22N2O5S. The van der Waals surface area contributed by atoms with Gasteiger partial charge in [-0.05, 0) is 48.0 Å². The normalized spacial score (nSPS) is 10.9. The van der Waals surface area contributed by atoms with Crippen molar-refractivity contribution in [3.63, 3.8) is 0 Å². The molecule has 1 amide bonds. The minimum atomic E-state index is -3.87. The second-order valence-electron chi connectivity index (χ2n) is 6.41. The lowest BCUT2D eigenvalue weighted by Gasteiger charge is -2.12. The maximum Gasteiger partial charge on any atom is 0.262 e. The molecule has 0 aliphatic rings. The summed E-state index contributed by atoms with van der Waals surface area (Å²) in [5.74, 6) is 0.858. The molecule has 0 unspecified atom stereocenters. The lowest BCUT2D eigenvalue weighted by Crippen LogP contribution is -2.16. The fraction of sp³-hybridized carbons (Fsp3) is 0.136. The van der Waals surface area contributed by atoms with Crippen molar-refractivity contribution in [2.75, 3.05) is 24.3 Å². The molecule has 0 atom stereocenters. The van der Waals surface area contributed by atoms with Crippen LogP contribution in [0.5, 0.6) is 11.5 Å². The van der Waals surface area contributed by atoms with Crippen LogP contribution in [-0.4, -0.2) is 28.5 Å². The van der Waals surface area contributed by atoms with Crippen LogP contribution in [0, 0.1) is 0 Å². The smallest absolute Gasteiger partial charge is 0.262 e. The summed E-state index contributed by atoms with van der Waals surface area (Å²) in [6.07, 6.45) is 0.153. The molecule has 0 aromatic heterocycles. The van der Waals surface area contributed by atoms with E-state index < -0.39 is 10.0 Å². The Morgan fingerprint density at radius 2 is 1.63 bits per heavy atom. The molecule has 0 heterocycles. The first-order valence-electron chi connectivity index (χ1n) is 9.10. The van der Waals surface area contributed by atoms with Gasteiger partial charge in [-0.15, -0.1) is 0 Å². The third kappa shape index (κ3) is 5.30. The zero-order valence-electron chi connectivity index (χ0n) is 16.6. The molecule has 0 saturated carbocycles. The van der Waals surface area contributed by atoms with Crippen molar-refractivity contribution in [3.05, 3.63) is 78.4 Å². The van der Waals surface area contributed by atoms with Crippen LogP contribution in [0.3, 0.4) is 0 Å². The van der Waals surface area contributed by atoms with Crippen molar-refractivity contribution >= 4 is 27.3 Å². The average molecular weight is 426 g/mol. The lowest BCUT2D eigenvalue weighted by molar-refractivity contribution is -0.115. The van der Waals surface area contributed by atoms with E-state index in [2.05, 4.69) is 10.0 Å². The lowest BCUT2D eigenvalue weighted by atomic mass is 10.1. The molecule has 0 fully saturated rings. The summed E-state index contributed by atoms with van der Waals surface area (Å²) in [4.78, 5) is 12.4. The molecule has 0 aliphatic heterocycles. The average Bonchev–Trinajstić information content (AvgIpc) is 2.74. The van der Waals surface area contributed by atoms with Gasteiger partial charge in [0.1, 0.15) is 11.5 Å². The van der Waals surface area contributed by atoms with Gasteiger partial charge < -0.3 is 14.8 Å². The van der Waals surface area contributed by atoms with Crippen molar-refractivity contribution in [1.82, 2.24) is 0 Å². The molecule has 8 heteroatoms. The minimum Gasteiger partial charge on any atom is -0.497 e. The molecule has 3 aromatic rings. The summed E-state index contributed by atoms with van der Waals surface area (Å²) < 4.78 is 38.3. The van der Waals surface area contributed by atoms with Crippen LogP contribution in [0.1, 0.15) is 5.56 Å². The van der Waals surface area contributed by atoms with E-state index in [1.807, 2.05) is 0 Å². The van der Waals surface area contributed by atoms with Crippen molar-refractivity contribution in [3.8, 4) is 11.5 Å². The van der Waals surface area contributed by atoms with E-state index in [1.165, 1.54) is 19.2 Å². The number of carbonyl (C=O) groups is 1. The highest BCUT2D eigenvalue weighted by molar-refractivity contribution is 7.92. The number of anilines is 2. The molecule has 0 saturated heterocycles. The molecule has 0 radical (unpaired) electrons. The van der Waals surface area contributed by atoms with Crippen LogP contribution in [-0.2, 0) is 21.2 Å². The van der Waals surface area contributed by atoms with Gasteiger partial charge in [0, 0.05) is 5.69 Å². The van der Waals surface area contributed by atoms with Gasteiger partial charge in [0.25, 0.3) is 10.0 Å². The summed E-state index contributed by atoms with van der Waals surface area (Å²) in [6, 6.07) is 19.9. The number of rotatable bonds is 8. The standard InChI is InChI=1S/C22H22N2O5S/c1-28-18-12-10-16(11-13-18)14-22(25)23-17-6-5-7-19(15-17)30(26,27)24-20-8-3-4-9-21(20)29-2/h3-13,15,24H,14H2,1-2H3,(H,23,25). The van der Waals surface area contributed by atoms with E-state index in [4.69, 9.17) is 9.47 Å². The van der Waals surface area contributed by atoms with Crippen LogP contribution >= 0.6 is 0 Å². The molecule has 30 heavy (non-hydrogen) atoms. The summed E-state index contributed by atoms with van der Waals surface area (Å²) in [5.41, 5.74) is 1.53. The third-order valence-electron chi connectivity index (χ3n) is 4.30. The number of methoxy groups -OCH3 is 2. The first-order chi connectivity index (χ1) is 14.4. The number of sulfonamides is 1. The highest BCUT2D eigenvalue weighted by Crippen LogP contribution is 2.27. The summed E-state index contributed by atoms with van der Waals surface area (Å²) >= 11 is 0. The number of ether oxygens (including phenoxy) is 2. The predicted molar refractivity (Wildman–Crippen MR) is 116 cm³/mol. The quantitative estimate of drug-likeness (QED) is 0.573. The highest BCUT2D eigenvalue weighted by atomic mass is 32.2. The summed E-state index contributed by atoms with van der Waals surface area (Å²) in [6.45, 7) is 0. The second-order valence-corrected chi connectivity index (χ2v) is 8.09. The Kier molecular flexibility index (Phi) is 6.58. The molecule has 3 aromatic carbocycles. The van der Waals surface area contributed by atoms with E-state index in [1.54, 1.807) is 67.8 Å². The van der Waals surface area contributed by atoms with Gasteiger partial charge in [-0.25, -0.2) is 8.42 Å². The van der Waals surface area contributed by atoms with Gasteiger partial charge in [-0.3, -0.25) is 9.52 Å². The maximum absolute atomic E-state index is 12.8. The van der Waals surface area contributed by atoms with E-state index >= 15 is 0 Å². The minimum absolute atomic E-state index is 0.0238. The first-order valence-corrected chi connectivity index (χ1v) is 10.6. The van der Waals surface area contributed by atoms with E-state index in [0.717, 1.165) is 5.56 Å². The second kappa shape index (κ2) is 9.32. The zero-order valence-corrected chi connectivity index (χ0v) is 17.4. The van der Waals surface area contributed by atoms with Crippen molar-refractivity contribution in [2.45, 2.75) is 11.3 Å². The highest BCUT2D eigenvalue weighted by Gasteiger charge is 2.17. The number of benzene rings is 3. The van der Waals surface area contributed by atoms with Crippen molar-refractivity contribution in [2.24, 2.45) is 0 Å². The van der Waals surface area contributed by atoms with Gasteiger partial charge >= 0.3 is 0 Å². The molecule has 0 aliphatic carbocycles. The molecular weight excluding hydrogens is 404 g/mol. The van der Waals surface area contributed by atoms with E-state index in [9.17, 15) is 13.2 Å². The molecule has 2 N–H and O–H groups in total. The van der Waals surface area contributed by atoms with Gasteiger partial charge in [0.15, 0.2) is 0 Å². The predicted octanol–water partition coefficient (Wildman–Crippen LogP) is 3.69. The van der Waals surface area contributed by atoms with Crippen LogP contribution in [0.2, 0.25) is 0 Å². The number of amides is 1. The number of carbonyl (C=O) groups excluding carboxylic acids is 1. The Bertz CT molecular complexity index is 1130. The SMILES string of the molecule is COc1ccc(CC(=O)Nc2cccc(S(=O)(=O)Nc3ccccc3OC)c2)cc1. The van der Waals surface area contributed by atoms with Gasteiger partial charge in [-0.2, -0.15) is 0 Å². The Balaban J connectivity index is 1.72. The molecule has 7 nitrogen and oxygen atoms in total. The van der Waals surface area contributed by atoms with E-state index in [0.29, 0.717) is 22.9 Å². The summed E-state index contributed by atoms with van der Waals surface area (Å²) in [5, 5.41) is 2.73. The first kappa shape index (κ1) is 21.2. The zero-order chi connectivity index (χ0) is 21.6. The number of para-hydroxylation sites is 2. The topological polar surface area (TPSA) is 93.7 Å². The van der Waals surface area contributed by atoms with Crippen LogP contribution in [0.15, 0.2) is 77.7 Å². The number of hydrogen-bond acceptors (Lipinski definition) is 5. The van der Waals surface area contributed by atoms with Crippen LogP contribution < -0.4 is 19.5 Å². The molecule has 0 bridgehead atoms. The van der Waals surface area contributed by atoms with Crippen LogP contribution in [0.4, 0.5) is 11.4 Å². The van der Waals surface area contributed by atoms with Gasteiger partial charge in [-0.1, -0.05) is 30.3 Å².